The first kappa shape index (κ1) is 9.64. The molecule has 76 valence electrons. The number of hydrazine groups is 1. The number of hydrogen-bond donors (Lipinski definition) is 1. The summed E-state index contributed by atoms with van der Waals surface area (Å²) in [5, 5.41) is 0. The van der Waals surface area contributed by atoms with E-state index in [-0.39, 0.29) is 5.75 Å². The molecule has 1 N–H and O–H groups in total. The molecule has 0 unspecified atom stereocenters. The summed E-state index contributed by atoms with van der Waals surface area (Å²) in [6.07, 6.45) is 0. The number of rotatable bonds is 2. The largest absolute Gasteiger partial charge is 0.240 e. The molecule has 14 heavy (non-hydrogen) atoms. The molecule has 2 rings (SSSR count). The average molecular weight is 212 g/mol. The van der Waals surface area contributed by atoms with Gasteiger partial charge in [0.25, 0.3) is 0 Å². The Morgan fingerprint density at radius 1 is 1.29 bits per heavy atom. The van der Waals surface area contributed by atoms with Crippen LogP contribution >= 0.6 is 0 Å². The summed E-state index contributed by atoms with van der Waals surface area (Å²) in [6, 6.07) is 9.54. The zero-order valence-electron chi connectivity index (χ0n) is 7.68. The first-order valence-corrected chi connectivity index (χ1v) is 6.07. The van der Waals surface area contributed by atoms with Crippen LogP contribution in [0.25, 0.3) is 0 Å². The van der Waals surface area contributed by atoms with Crippen LogP contribution < -0.4 is 5.43 Å². The second kappa shape index (κ2) is 3.68. The molecule has 0 radical (unpaired) electrons. The van der Waals surface area contributed by atoms with E-state index in [4.69, 9.17) is 0 Å². The lowest BCUT2D eigenvalue weighted by molar-refractivity contribution is 0.348. The minimum atomic E-state index is -3.06. The Labute approximate surface area is 83.6 Å². The van der Waals surface area contributed by atoms with Gasteiger partial charge < -0.3 is 0 Å². The summed E-state index contributed by atoms with van der Waals surface area (Å²) >= 11 is 0. The lowest BCUT2D eigenvalue weighted by Gasteiger charge is -2.13. The Morgan fingerprint density at radius 2 is 2.00 bits per heavy atom. The van der Waals surface area contributed by atoms with E-state index in [1.54, 1.807) is 0 Å². The molecule has 0 spiro atoms. The monoisotopic (exact) mass is 212 g/mol. The van der Waals surface area contributed by atoms with Gasteiger partial charge in [0.05, 0.1) is 12.3 Å². The van der Waals surface area contributed by atoms with Crippen LogP contribution in [0.3, 0.4) is 0 Å². The summed E-state index contributed by atoms with van der Waals surface area (Å²) in [5.74, 6) is 0.194. The van der Waals surface area contributed by atoms with E-state index in [0.717, 1.165) is 5.56 Å². The molecule has 1 aliphatic rings. The van der Waals surface area contributed by atoms with Gasteiger partial charge in [0.15, 0.2) is 0 Å². The maximum absolute atomic E-state index is 11.4. The van der Waals surface area contributed by atoms with Crippen molar-refractivity contribution in [3.05, 3.63) is 35.9 Å². The fraction of sp³-hybridized carbons (Fsp3) is 0.333. The third kappa shape index (κ3) is 1.95. The van der Waals surface area contributed by atoms with Crippen LogP contribution in [0.2, 0.25) is 0 Å². The zero-order chi connectivity index (χ0) is 10.0. The summed E-state index contributed by atoms with van der Waals surface area (Å²) in [4.78, 5) is 0. The van der Waals surface area contributed by atoms with Gasteiger partial charge in [-0.25, -0.2) is 13.8 Å². The van der Waals surface area contributed by atoms with Crippen molar-refractivity contribution in [3.63, 3.8) is 0 Å². The van der Waals surface area contributed by atoms with Gasteiger partial charge in [-0.05, 0) is 5.56 Å². The number of sulfonamides is 1. The molecular formula is C9H12N2O2S. The Hall–Kier alpha value is -0.910. The molecule has 0 aliphatic carbocycles. The van der Waals surface area contributed by atoms with Gasteiger partial charge in [0.1, 0.15) is 0 Å². The van der Waals surface area contributed by atoms with Crippen LogP contribution in [-0.4, -0.2) is 25.1 Å². The maximum atomic E-state index is 11.4. The van der Waals surface area contributed by atoms with Crippen molar-refractivity contribution in [1.82, 2.24) is 9.84 Å². The highest BCUT2D eigenvalue weighted by Gasteiger charge is 2.27. The summed E-state index contributed by atoms with van der Waals surface area (Å²) in [5.41, 5.74) is 3.83. The molecule has 1 aliphatic heterocycles. The van der Waals surface area contributed by atoms with E-state index in [1.807, 2.05) is 30.3 Å². The van der Waals surface area contributed by atoms with E-state index >= 15 is 0 Å². The standard InChI is InChI=1S/C9H12N2O2S/c12-14(13)7-6-10-11(14)8-9-4-2-1-3-5-9/h1-5,10H,6-8H2. The van der Waals surface area contributed by atoms with Gasteiger partial charge in [-0.2, -0.15) is 0 Å². The van der Waals surface area contributed by atoms with E-state index in [2.05, 4.69) is 5.43 Å². The van der Waals surface area contributed by atoms with Crippen molar-refractivity contribution in [2.45, 2.75) is 6.54 Å². The maximum Gasteiger partial charge on any atom is 0.228 e. The van der Waals surface area contributed by atoms with E-state index in [1.165, 1.54) is 4.41 Å². The fourth-order valence-electron chi connectivity index (χ4n) is 1.41. The second-order valence-electron chi connectivity index (χ2n) is 3.22. The third-order valence-electron chi connectivity index (χ3n) is 2.15. The minimum absolute atomic E-state index is 0.194. The van der Waals surface area contributed by atoms with Crippen LogP contribution in [0.4, 0.5) is 0 Å². The zero-order valence-corrected chi connectivity index (χ0v) is 8.50. The minimum Gasteiger partial charge on any atom is -0.240 e. The normalized spacial score (nSPS) is 21.1. The molecule has 5 heteroatoms. The van der Waals surface area contributed by atoms with Crippen molar-refractivity contribution in [2.75, 3.05) is 12.3 Å². The van der Waals surface area contributed by atoms with Crippen LogP contribution in [0, 0.1) is 0 Å². The highest BCUT2D eigenvalue weighted by Crippen LogP contribution is 2.10. The van der Waals surface area contributed by atoms with Crippen molar-refractivity contribution in [2.24, 2.45) is 0 Å². The van der Waals surface area contributed by atoms with Crippen molar-refractivity contribution >= 4 is 10.0 Å². The molecular weight excluding hydrogens is 200 g/mol. The van der Waals surface area contributed by atoms with E-state index in [0.29, 0.717) is 13.1 Å². The van der Waals surface area contributed by atoms with Crippen LogP contribution in [0.15, 0.2) is 30.3 Å². The summed E-state index contributed by atoms with van der Waals surface area (Å²) in [7, 11) is -3.06. The fourth-order valence-corrected chi connectivity index (χ4v) is 2.61. The molecule has 0 bridgehead atoms. The van der Waals surface area contributed by atoms with Gasteiger partial charge in [-0.1, -0.05) is 30.3 Å². The van der Waals surface area contributed by atoms with Crippen molar-refractivity contribution < 1.29 is 8.42 Å². The van der Waals surface area contributed by atoms with Gasteiger partial charge in [-0.3, -0.25) is 0 Å². The molecule has 4 nitrogen and oxygen atoms in total. The Bertz CT molecular complexity index is 402. The SMILES string of the molecule is O=S1(=O)CCNN1Cc1ccccc1. The van der Waals surface area contributed by atoms with Crippen LogP contribution in [0.1, 0.15) is 5.56 Å². The topological polar surface area (TPSA) is 49.4 Å². The lowest BCUT2D eigenvalue weighted by Crippen LogP contribution is -2.33. The van der Waals surface area contributed by atoms with Gasteiger partial charge in [0, 0.05) is 6.54 Å². The Balaban J connectivity index is 2.13. The highest BCUT2D eigenvalue weighted by molar-refractivity contribution is 7.89. The molecule has 0 amide bonds. The van der Waals surface area contributed by atoms with Gasteiger partial charge in [0.2, 0.25) is 10.0 Å². The number of hydrogen-bond acceptors (Lipinski definition) is 3. The Kier molecular flexibility index (Phi) is 2.54. The highest BCUT2D eigenvalue weighted by atomic mass is 32.2. The van der Waals surface area contributed by atoms with Crippen LogP contribution in [0.5, 0.6) is 0 Å². The van der Waals surface area contributed by atoms with E-state index < -0.39 is 10.0 Å². The third-order valence-corrected chi connectivity index (χ3v) is 3.80. The van der Waals surface area contributed by atoms with Gasteiger partial charge >= 0.3 is 0 Å². The summed E-state index contributed by atoms with van der Waals surface area (Å²) in [6.45, 7) is 0.915. The average Bonchev–Trinajstić information content (AvgIpc) is 2.48. The predicted octanol–water partition coefficient (Wildman–Crippen LogP) is 0.337. The summed E-state index contributed by atoms with van der Waals surface area (Å²) < 4.78 is 24.2. The van der Waals surface area contributed by atoms with Gasteiger partial charge in [-0.15, -0.1) is 4.41 Å². The smallest absolute Gasteiger partial charge is 0.228 e. The first-order chi connectivity index (χ1) is 6.68. The molecule has 1 fully saturated rings. The number of nitrogens with zero attached hydrogens (tertiary/aromatic N) is 1. The number of nitrogens with one attached hydrogen (secondary N) is 1. The molecule has 0 atom stereocenters. The quantitative estimate of drug-likeness (QED) is 0.769. The molecule has 0 saturated carbocycles. The van der Waals surface area contributed by atoms with Crippen molar-refractivity contribution in [3.8, 4) is 0 Å². The first-order valence-electron chi connectivity index (χ1n) is 4.46. The molecule has 1 aromatic rings. The van der Waals surface area contributed by atoms with E-state index in [9.17, 15) is 8.42 Å². The number of benzene rings is 1. The van der Waals surface area contributed by atoms with Crippen LogP contribution in [-0.2, 0) is 16.6 Å². The Morgan fingerprint density at radius 3 is 2.57 bits per heavy atom. The van der Waals surface area contributed by atoms with Crippen molar-refractivity contribution in [1.29, 1.82) is 0 Å². The molecule has 0 aromatic heterocycles. The lowest BCUT2D eigenvalue weighted by atomic mass is 10.2. The molecule has 1 saturated heterocycles. The molecule has 1 aromatic carbocycles. The predicted molar refractivity (Wildman–Crippen MR) is 53.8 cm³/mol. The molecule has 1 heterocycles. The second-order valence-corrected chi connectivity index (χ2v) is 5.23.